The van der Waals surface area contributed by atoms with Crippen LogP contribution in [0.25, 0.3) is 0 Å². The van der Waals surface area contributed by atoms with Gasteiger partial charge in [0.1, 0.15) is 0 Å². The van der Waals surface area contributed by atoms with E-state index in [9.17, 15) is 18.0 Å². The van der Waals surface area contributed by atoms with Crippen molar-refractivity contribution in [2.24, 2.45) is 0 Å². The van der Waals surface area contributed by atoms with Crippen LogP contribution in [0.15, 0.2) is 42.5 Å². The number of benzene rings is 2. The van der Waals surface area contributed by atoms with Crippen LogP contribution in [0.1, 0.15) is 12.0 Å². The van der Waals surface area contributed by atoms with Crippen LogP contribution < -0.4 is 5.32 Å². The van der Waals surface area contributed by atoms with Crippen LogP contribution in [0.4, 0.5) is 18.9 Å². The van der Waals surface area contributed by atoms with Crippen molar-refractivity contribution in [3.63, 3.8) is 0 Å². The normalized spacial score (nSPS) is 10.4. The van der Waals surface area contributed by atoms with Crippen LogP contribution in [0.2, 0.25) is 0 Å². The van der Waals surface area contributed by atoms with Gasteiger partial charge >= 0.3 is 0 Å². The zero-order valence-electron chi connectivity index (χ0n) is 11.1. The van der Waals surface area contributed by atoms with E-state index in [1.54, 1.807) is 0 Å². The molecule has 0 heterocycles. The lowest BCUT2D eigenvalue weighted by Gasteiger charge is -2.07. The van der Waals surface area contributed by atoms with Crippen molar-refractivity contribution in [3.05, 3.63) is 71.9 Å². The lowest BCUT2D eigenvalue weighted by atomic mass is 10.1. The quantitative estimate of drug-likeness (QED) is 0.833. The molecule has 1 radical (unpaired) electrons. The molecule has 2 rings (SSSR count). The van der Waals surface area contributed by atoms with Crippen LogP contribution in [0.5, 0.6) is 0 Å². The molecule has 0 aliphatic carbocycles. The van der Waals surface area contributed by atoms with E-state index in [0.717, 1.165) is 17.7 Å². The van der Waals surface area contributed by atoms with Gasteiger partial charge in [-0.3, -0.25) is 4.79 Å². The highest BCUT2D eigenvalue weighted by Gasteiger charge is 2.15. The van der Waals surface area contributed by atoms with Crippen LogP contribution in [0, 0.1) is 23.9 Å². The van der Waals surface area contributed by atoms with Crippen LogP contribution >= 0.6 is 0 Å². The molecule has 0 aliphatic rings. The van der Waals surface area contributed by atoms with Crippen molar-refractivity contribution in [2.75, 3.05) is 5.32 Å². The summed E-state index contributed by atoms with van der Waals surface area (Å²) in [5.74, 6) is -4.86. The van der Waals surface area contributed by atoms with Gasteiger partial charge in [-0.2, -0.15) is 0 Å². The predicted octanol–water partition coefficient (Wildman–Crippen LogP) is 3.88. The fraction of sp³-hybridized carbons (Fsp3) is 0.125. The fourth-order valence-electron chi connectivity index (χ4n) is 1.82. The Morgan fingerprint density at radius 3 is 2.43 bits per heavy atom. The summed E-state index contributed by atoms with van der Waals surface area (Å²) < 4.78 is 39.1. The Balaban J connectivity index is 1.86. The first-order valence-electron chi connectivity index (χ1n) is 6.39. The van der Waals surface area contributed by atoms with E-state index in [0.29, 0.717) is 12.8 Å². The molecular formula is C16H13F3NO. The zero-order chi connectivity index (χ0) is 15.2. The molecule has 0 atom stereocenters. The summed E-state index contributed by atoms with van der Waals surface area (Å²) in [6.45, 7) is 0. The number of hydrogen-bond acceptors (Lipinski definition) is 1. The second-order valence-corrected chi connectivity index (χ2v) is 4.44. The molecule has 2 nitrogen and oxygen atoms in total. The Bertz CT molecular complexity index is 629. The number of aryl methyl sites for hydroxylation is 1. The number of carbonyl (C=O) groups excluding carboxylic acids is 1. The second kappa shape index (κ2) is 6.92. The van der Waals surface area contributed by atoms with Crippen LogP contribution in [0.3, 0.4) is 0 Å². The maximum Gasteiger partial charge on any atom is 0.228 e. The van der Waals surface area contributed by atoms with E-state index >= 15 is 0 Å². The van der Waals surface area contributed by atoms with Crippen molar-refractivity contribution < 1.29 is 18.0 Å². The Hall–Kier alpha value is -2.30. The molecule has 0 unspecified atom stereocenters. The molecule has 0 aliphatic heterocycles. The van der Waals surface area contributed by atoms with Crippen LogP contribution in [-0.2, 0) is 11.2 Å². The van der Waals surface area contributed by atoms with E-state index in [1.807, 2.05) is 30.3 Å². The topological polar surface area (TPSA) is 29.1 Å². The highest BCUT2D eigenvalue weighted by atomic mass is 19.2. The summed E-state index contributed by atoms with van der Waals surface area (Å²) >= 11 is 0. The first-order valence-corrected chi connectivity index (χ1v) is 6.39. The summed E-state index contributed by atoms with van der Waals surface area (Å²) in [5.41, 5.74) is 0.690. The summed E-state index contributed by atoms with van der Waals surface area (Å²) in [6, 6.07) is 11.3. The molecule has 2 aromatic carbocycles. The molecule has 109 valence electrons. The highest BCUT2D eigenvalue weighted by molar-refractivity contribution is 5.97. The van der Waals surface area contributed by atoms with Crippen molar-refractivity contribution in [1.29, 1.82) is 0 Å². The van der Waals surface area contributed by atoms with Crippen molar-refractivity contribution in [1.82, 2.24) is 0 Å². The molecule has 1 N–H and O–H groups in total. The summed E-state index contributed by atoms with van der Waals surface area (Å²) in [4.78, 5) is 11.6. The largest absolute Gasteiger partial charge is 0.323 e. The molecule has 0 fully saturated rings. The average Bonchev–Trinajstić information content (AvgIpc) is 2.49. The number of rotatable bonds is 5. The molecule has 5 heteroatoms. The van der Waals surface area contributed by atoms with Gasteiger partial charge in [0, 0.05) is 0 Å². The molecule has 2 aromatic rings. The molecule has 0 saturated carbocycles. The Morgan fingerprint density at radius 1 is 1.00 bits per heavy atom. The van der Waals surface area contributed by atoms with Gasteiger partial charge < -0.3 is 5.32 Å². The van der Waals surface area contributed by atoms with Gasteiger partial charge in [0.15, 0.2) is 17.5 Å². The molecule has 21 heavy (non-hydrogen) atoms. The van der Waals surface area contributed by atoms with Gasteiger partial charge in [-0.25, -0.2) is 13.2 Å². The Morgan fingerprint density at radius 2 is 1.71 bits per heavy atom. The summed E-state index contributed by atoms with van der Waals surface area (Å²) in [6.07, 6.45) is 2.46. The second-order valence-electron chi connectivity index (χ2n) is 4.44. The standard InChI is InChI=1S/C16H13F3NO/c17-12-9-10-13(16(19)15(12)18)20-14(21)8-4-7-11-5-2-1-3-6-11/h1-3,5-6,8-10H,4,7H2,(H,20,21). The lowest BCUT2D eigenvalue weighted by molar-refractivity contribution is -0.113. The van der Waals surface area contributed by atoms with Crippen LogP contribution in [-0.4, -0.2) is 5.91 Å². The predicted molar refractivity (Wildman–Crippen MR) is 74.0 cm³/mol. The van der Waals surface area contributed by atoms with Gasteiger partial charge in [-0.05, 0) is 30.5 Å². The first kappa shape index (κ1) is 15.1. The zero-order valence-corrected chi connectivity index (χ0v) is 11.1. The number of nitrogens with one attached hydrogen (secondary N) is 1. The minimum atomic E-state index is -1.60. The number of amides is 1. The monoisotopic (exact) mass is 292 g/mol. The third-order valence-electron chi connectivity index (χ3n) is 2.90. The molecule has 0 aromatic heterocycles. The van der Waals surface area contributed by atoms with Gasteiger partial charge in [-0.1, -0.05) is 30.3 Å². The van der Waals surface area contributed by atoms with Crippen molar-refractivity contribution >= 4 is 11.6 Å². The van der Waals surface area contributed by atoms with E-state index in [-0.39, 0.29) is 5.69 Å². The Kier molecular flexibility index (Phi) is 4.98. The average molecular weight is 292 g/mol. The third-order valence-corrected chi connectivity index (χ3v) is 2.90. The highest BCUT2D eigenvalue weighted by Crippen LogP contribution is 2.19. The minimum absolute atomic E-state index is 0.380. The van der Waals surface area contributed by atoms with Gasteiger partial charge in [-0.15, -0.1) is 0 Å². The van der Waals surface area contributed by atoms with E-state index < -0.39 is 23.4 Å². The van der Waals surface area contributed by atoms with E-state index in [1.165, 1.54) is 6.42 Å². The third kappa shape index (κ3) is 4.08. The summed E-state index contributed by atoms with van der Waals surface area (Å²) in [7, 11) is 0. The van der Waals surface area contributed by atoms with E-state index in [2.05, 4.69) is 5.32 Å². The molecule has 0 bridgehead atoms. The molecule has 1 amide bonds. The number of carbonyl (C=O) groups is 1. The van der Waals surface area contributed by atoms with Crippen molar-refractivity contribution in [3.8, 4) is 0 Å². The SMILES string of the molecule is O=C([CH]CCc1ccccc1)Nc1ccc(F)c(F)c1F. The fourth-order valence-corrected chi connectivity index (χ4v) is 1.82. The van der Waals surface area contributed by atoms with Gasteiger partial charge in [0.05, 0.1) is 12.1 Å². The minimum Gasteiger partial charge on any atom is -0.323 e. The molecule has 0 spiro atoms. The maximum absolute atomic E-state index is 13.4. The summed E-state index contributed by atoms with van der Waals surface area (Å²) in [5, 5.41) is 2.19. The lowest BCUT2D eigenvalue weighted by Crippen LogP contribution is -2.14. The van der Waals surface area contributed by atoms with Gasteiger partial charge in [0.2, 0.25) is 5.91 Å². The number of hydrogen-bond donors (Lipinski definition) is 1. The number of anilines is 1. The van der Waals surface area contributed by atoms with Crippen molar-refractivity contribution in [2.45, 2.75) is 12.8 Å². The molecule has 0 saturated heterocycles. The number of halogens is 3. The molecular weight excluding hydrogens is 279 g/mol. The van der Waals surface area contributed by atoms with E-state index in [4.69, 9.17) is 0 Å². The smallest absolute Gasteiger partial charge is 0.228 e. The maximum atomic E-state index is 13.4. The van der Waals surface area contributed by atoms with Gasteiger partial charge in [0.25, 0.3) is 0 Å². The first-order chi connectivity index (χ1) is 10.1. The Labute approximate surface area is 120 Å².